The number of fused-ring (bicyclic) bond motifs is 1. The molecule has 0 saturated heterocycles. The average molecular weight is 417 g/mol. The maximum Gasteiger partial charge on any atom is 0.387 e. The van der Waals surface area contributed by atoms with Crippen LogP contribution in [0.5, 0.6) is 5.88 Å². The first-order chi connectivity index (χ1) is 15.0. The van der Waals surface area contributed by atoms with Crippen molar-refractivity contribution in [1.82, 2.24) is 29.5 Å². The van der Waals surface area contributed by atoms with Gasteiger partial charge in [0.2, 0.25) is 17.9 Å². The SMILES string of the molecule is COc1nnc(NC(=O)C2=NC(C)=[N+]=C2)cc1C#Cc1nnc2c(C(=O)O)cccn12. The molecule has 4 rings (SSSR count). The molecule has 0 atom stereocenters. The molecule has 1 aliphatic heterocycles. The van der Waals surface area contributed by atoms with Gasteiger partial charge in [0.05, 0.1) is 19.6 Å². The van der Waals surface area contributed by atoms with Crippen LogP contribution < -0.4 is 14.7 Å². The number of hydrogen-bond acceptors (Lipinski definition) is 8. The smallest absolute Gasteiger partial charge is 0.387 e. The largest absolute Gasteiger partial charge is 0.479 e. The summed E-state index contributed by atoms with van der Waals surface area (Å²) in [4.78, 5) is 27.6. The standard InChI is InChI=1S/C19H12N8O4/c1-10-20-9-13(21-10)17(28)22-14-8-11(18(31-2)26-23-14)5-6-15-24-25-16-12(19(29)30)4-3-7-27(15)16/h3-4,7-9H,1-2H3,(H-,20,21,22,23,28,29,30)/p+1. The lowest BCUT2D eigenvalue weighted by Crippen LogP contribution is -2.24. The molecular weight excluding hydrogens is 404 g/mol. The fraction of sp³-hybridized carbons (Fsp3) is 0.105. The van der Waals surface area contributed by atoms with Crippen molar-refractivity contribution in [2.24, 2.45) is 4.99 Å². The van der Waals surface area contributed by atoms with E-state index in [-0.39, 0.29) is 34.4 Å². The highest BCUT2D eigenvalue weighted by molar-refractivity contribution is 6.64. The zero-order valence-corrected chi connectivity index (χ0v) is 16.2. The average Bonchev–Trinajstić information content (AvgIpc) is 3.38. The second-order valence-electron chi connectivity index (χ2n) is 6.10. The first-order valence-electron chi connectivity index (χ1n) is 8.74. The van der Waals surface area contributed by atoms with Gasteiger partial charge >= 0.3 is 17.7 Å². The predicted octanol–water partition coefficient (Wildman–Crippen LogP) is -0.425. The molecule has 0 aliphatic carbocycles. The predicted molar refractivity (Wildman–Crippen MR) is 109 cm³/mol. The summed E-state index contributed by atoms with van der Waals surface area (Å²) < 4.78 is 10.5. The van der Waals surface area contributed by atoms with Gasteiger partial charge < -0.3 is 15.2 Å². The van der Waals surface area contributed by atoms with Crippen LogP contribution in [0.4, 0.5) is 5.82 Å². The molecule has 0 bridgehead atoms. The first-order valence-corrected chi connectivity index (χ1v) is 8.74. The second-order valence-corrected chi connectivity index (χ2v) is 6.10. The van der Waals surface area contributed by atoms with Gasteiger partial charge in [0, 0.05) is 12.3 Å². The van der Waals surface area contributed by atoms with Crippen molar-refractivity contribution >= 4 is 41.1 Å². The van der Waals surface area contributed by atoms with Gasteiger partial charge in [0.25, 0.3) is 5.71 Å². The number of nitrogens with zero attached hydrogens (tertiary/aromatic N) is 7. The number of aromatic nitrogens is 5. The fourth-order valence-electron chi connectivity index (χ4n) is 2.65. The van der Waals surface area contributed by atoms with Crippen LogP contribution in [-0.2, 0) is 4.79 Å². The summed E-state index contributed by atoms with van der Waals surface area (Å²) in [6.07, 6.45) is 2.95. The maximum absolute atomic E-state index is 12.3. The van der Waals surface area contributed by atoms with Crippen LogP contribution in [0.25, 0.3) is 5.65 Å². The van der Waals surface area contributed by atoms with Crippen molar-refractivity contribution in [2.75, 3.05) is 12.4 Å². The molecule has 31 heavy (non-hydrogen) atoms. The van der Waals surface area contributed by atoms with Gasteiger partial charge in [-0.1, -0.05) is 5.92 Å². The number of rotatable bonds is 4. The number of amidine groups is 1. The van der Waals surface area contributed by atoms with E-state index in [1.165, 1.54) is 29.9 Å². The normalized spacial score (nSPS) is 12.1. The van der Waals surface area contributed by atoms with Crippen LogP contribution in [0.1, 0.15) is 28.7 Å². The van der Waals surface area contributed by atoms with Crippen LogP contribution in [-0.4, -0.2) is 66.7 Å². The van der Waals surface area contributed by atoms with E-state index in [0.29, 0.717) is 11.4 Å². The lowest BCUT2D eigenvalue weighted by Gasteiger charge is -2.04. The number of nitrogens with one attached hydrogen (secondary N) is 1. The summed E-state index contributed by atoms with van der Waals surface area (Å²) in [6, 6.07) is 4.46. The molecule has 1 amide bonds. The van der Waals surface area contributed by atoms with E-state index in [2.05, 4.69) is 47.2 Å². The zero-order valence-electron chi connectivity index (χ0n) is 16.2. The van der Waals surface area contributed by atoms with Crippen LogP contribution in [0.3, 0.4) is 0 Å². The molecule has 1 aliphatic rings. The van der Waals surface area contributed by atoms with E-state index in [1.807, 2.05) is 0 Å². The Balaban J connectivity index is 1.65. The molecule has 12 heteroatoms. The summed E-state index contributed by atoms with van der Waals surface area (Å²) >= 11 is 0. The summed E-state index contributed by atoms with van der Waals surface area (Å²) in [6.45, 7) is 1.67. The molecule has 0 saturated carbocycles. The number of methoxy groups -OCH3 is 1. The van der Waals surface area contributed by atoms with E-state index in [1.54, 1.807) is 19.2 Å². The number of aliphatic imine (C=N–C) groups is 1. The number of hydrogen-bond donors (Lipinski definition) is 2. The number of anilines is 1. The molecule has 0 fully saturated rings. The molecule has 2 N–H and O–H groups in total. The molecular formula is C19H13N8O4+. The van der Waals surface area contributed by atoms with Gasteiger partial charge in [-0.25, -0.2) is 9.46 Å². The Hall–Kier alpha value is -4.88. The van der Waals surface area contributed by atoms with Gasteiger partial charge in [-0.15, -0.1) is 20.4 Å². The molecule has 0 spiro atoms. The minimum atomic E-state index is -1.12. The van der Waals surface area contributed by atoms with Crippen molar-refractivity contribution in [3.8, 4) is 17.7 Å². The minimum Gasteiger partial charge on any atom is -0.479 e. The second kappa shape index (κ2) is 7.86. The minimum absolute atomic E-state index is 0.00190. The van der Waals surface area contributed by atoms with Crippen molar-refractivity contribution in [2.45, 2.75) is 6.92 Å². The number of amides is 1. The van der Waals surface area contributed by atoms with Gasteiger partial charge in [-0.3, -0.25) is 9.20 Å². The highest BCUT2D eigenvalue weighted by Crippen LogP contribution is 2.16. The number of pyridine rings is 1. The van der Waals surface area contributed by atoms with E-state index in [0.717, 1.165) is 0 Å². The van der Waals surface area contributed by atoms with Crippen molar-refractivity contribution in [3.63, 3.8) is 0 Å². The number of aromatic carboxylic acids is 1. The van der Waals surface area contributed by atoms with E-state index < -0.39 is 11.9 Å². The lowest BCUT2D eigenvalue weighted by molar-refractivity contribution is -0.110. The van der Waals surface area contributed by atoms with E-state index in [9.17, 15) is 14.7 Å². The summed E-state index contributed by atoms with van der Waals surface area (Å²) in [5.41, 5.74) is 0.635. The molecule has 12 nitrogen and oxygen atoms in total. The molecule has 0 radical (unpaired) electrons. The zero-order chi connectivity index (χ0) is 22.0. The Kier molecular flexibility index (Phi) is 4.93. The number of carboxylic acids is 1. The number of carboxylic acid groups (broad SMARTS) is 1. The lowest BCUT2D eigenvalue weighted by atomic mass is 10.2. The number of ether oxygens (including phenoxy) is 1. The highest BCUT2D eigenvalue weighted by atomic mass is 16.5. The van der Waals surface area contributed by atoms with Crippen molar-refractivity contribution in [3.05, 3.63) is 41.3 Å². The Morgan fingerprint density at radius 3 is 2.77 bits per heavy atom. The molecule has 0 unspecified atom stereocenters. The van der Waals surface area contributed by atoms with Crippen LogP contribution in [0.2, 0.25) is 0 Å². The van der Waals surface area contributed by atoms with E-state index >= 15 is 0 Å². The summed E-state index contributed by atoms with van der Waals surface area (Å²) in [5.74, 6) is 4.98. The molecule has 3 aromatic rings. The van der Waals surface area contributed by atoms with Crippen molar-refractivity contribution < 1.29 is 19.4 Å². The molecule has 3 aromatic heterocycles. The first kappa shape index (κ1) is 19.4. The van der Waals surface area contributed by atoms with Crippen LogP contribution >= 0.6 is 0 Å². The van der Waals surface area contributed by atoms with Crippen LogP contribution in [0.15, 0.2) is 29.4 Å². The Morgan fingerprint density at radius 2 is 2.06 bits per heavy atom. The van der Waals surface area contributed by atoms with Gasteiger partial charge in [-0.2, -0.15) is 0 Å². The highest BCUT2D eigenvalue weighted by Gasteiger charge is 2.24. The van der Waals surface area contributed by atoms with Gasteiger partial charge in [0.1, 0.15) is 5.56 Å². The third-order valence-corrected chi connectivity index (χ3v) is 4.06. The number of carbonyl (C=O) groups excluding carboxylic acids is 1. The molecule has 4 heterocycles. The summed E-state index contributed by atoms with van der Waals surface area (Å²) in [7, 11) is 1.40. The topological polar surface area (TPSA) is 158 Å². The fourth-order valence-corrected chi connectivity index (χ4v) is 2.65. The van der Waals surface area contributed by atoms with E-state index in [4.69, 9.17) is 4.74 Å². The van der Waals surface area contributed by atoms with Crippen LogP contribution in [0, 0.1) is 11.8 Å². The van der Waals surface area contributed by atoms with Gasteiger partial charge in [-0.05, 0) is 23.0 Å². The number of carbonyl (C=O) groups is 2. The Labute approximate surface area is 174 Å². The Morgan fingerprint density at radius 1 is 1.23 bits per heavy atom. The summed E-state index contributed by atoms with van der Waals surface area (Å²) in [5, 5.41) is 27.4. The monoisotopic (exact) mass is 417 g/mol. The van der Waals surface area contributed by atoms with Gasteiger partial charge in [0.15, 0.2) is 11.5 Å². The Bertz CT molecular complexity index is 1400. The third kappa shape index (κ3) is 3.84. The molecule has 152 valence electrons. The van der Waals surface area contributed by atoms with Crippen molar-refractivity contribution in [1.29, 1.82) is 0 Å². The maximum atomic E-state index is 12.3. The third-order valence-electron chi connectivity index (χ3n) is 4.06. The quantitative estimate of drug-likeness (QED) is 0.428. The molecule has 0 aromatic carbocycles.